The molecule has 0 amide bonds. The number of halogens is 1. The number of ether oxygens (including phenoxy) is 4. The fourth-order valence-electron chi connectivity index (χ4n) is 4.75. The van der Waals surface area contributed by atoms with Crippen LogP contribution in [-0.4, -0.2) is 31.0 Å². The van der Waals surface area contributed by atoms with Gasteiger partial charge in [-0.05, 0) is 42.3 Å². The molecule has 0 N–H and O–H groups in total. The van der Waals surface area contributed by atoms with E-state index in [-0.39, 0.29) is 24.5 Å². The van der Waals surface area contributed by atoms with Crippen molar-refractivity contribution in [3.05, 3.63) is 114 Å². The molecule has 0 unspecified atom stereocenters. The number of rotatable bonds is 6. The summed E-state index contributed by atoms with van der Waals surface area (Å²) in [6, 6.07) is 19.3. The van der Waals surface area contributed by atoms with Crippen molar-refractivity contribution in [1.82, 2.24) is 4.57 Å². The van der Waals surface area contributed by atoms with Crippen molar-refractivity contribution in [3.8, 4) is 17.2 Å². The molecule has 6 rings (SSSR count). The van der Waals surface area contributed by atoms with Crippen molar-refractivity contribution in [2.24, 2.45) is 4.99 Å². The van der Waals surface area contributed by atoms with Gasteiger partial charge < -0.3 is 18.9 Å². The first kappa shape index (κ1) is 25.9. The third-order valence-electron chi connectivity index (χ3n) is 6.56. The van der Waals surface area contributed by atoms with E-state index in [1.54, 1.807) is 38.3 Å². The molecule has 0 radical (unpaired) electrons. The molecule has 0 fully saturated rings. The standard InChI is InChI=1S/C30H23ClN2O6S/c1-3-37-29(35)25-26(17-8-5-4-6-9-17)32-30-33(27(25)18-10-7-11-20(12-18)36-2)28(34)24(40-30)14-19-13-22-23(15-21(19)31)39-16-38-22/h4-15,27H,3,16H2,1-2H3/t27-/m1/s1. The Kier molecular flexibility index (Phi) is 6.91. The van der Waals surface area contributed by atoms with Gasteiger partial charge in [0.25, 0.3) is 5.56 Å². The highest BCUT2D eigenvalue weighted by molar-refractivity contribution is 7.07. The molecule has 3 aromatic carbocycles. The predicted octanol–water partition coefficient (Wildman–Crippen LogP) is 4.33. The molecule has 10 heteroatoms. The molecule has 1 atom stereocenters. The molecule has 2 aliphatic heterocycles. The molecule has 0 saturated carbocycles. The lowest BCUT2D eigenvalue weighted by atomic mass is 9.93. The summed E-state index contributed by atoms with van der Waals surface area (Å²) in [5, 5.41) is 0.414. The summed E-state index contributed by atoms with van der Waals surface area (Å²) < 4.78 is 23.8. The van der Waals surface area contributed by atoms with Crippen LogP contribution in [0.5, 0.6) is 17.2 Å². The second-order valence-electron chi connectivity index (χ2n) is 8.94. The highest BCUT2D eigenvalue weighted by atomic mass is 35.5. The summed E-state index contributed by atoms with van der Waals surface area (Å²) in [5.74, 6) is 1.14. The van der Waals surface area contributed by atoms with Crippen molar-refractivity contribution in [3.63, 3.8) is 0 Å². The highest BCUT2D eigenvalue weighted by Crippen LogP contribution is 2.38. The lowest BCUT2D eigenvalue weighted by molar-refractivity contribution is -0.138. The second kappa shape index (κ2) is 10.7. The van der Waals surface area contributed by atoms with Crippen molar-refractivity contribution in [1.29, 1.82) is 0 Å². The summed E-state index contributed by atoms with van der Waals surface area (Å²) in [4.78, 5) is 32.9. The Balaban J connectivity index is 1.64. The maximum Gasteiger partial charge on any atom is 0.338 e. The molecule has 0 spiro atoms. The van der Waals surface area contributed by atoms with E-state index in [0.717, 1.165) is 5.56 Å². The van der Waals surface area contributed by atoms with Crippen LogP contribution in [0.15, 0.2) is 82.1 Å². The van der Waals surface area contributed by atoms with E-state index in [1.807, 2.05) is 48.5 Å². The van der Waals surface area contributed by atoms with Crippen LogP contribution in [0.4, 0.5) is 0 Å². The number of carbonyl (C=O) groups excluding carboxylic acids is 1. The maximum atomic E-state index is 14.0. The lowest BCUT2D eigenvalue weighted by Gasteiger charge is -2.26. The highest BCUT2D eigenvalue weighted by Gasteiger charge is 2.35. The van der Waals surface area contributed by atoms with Gasteiger partial charge in [0.05, 0.1) is 40.6 Å². The molecular weight excluding hydrogens is 552 g/mol. The number of hydrogen-bond donors (Lipinski definition) is 0. The number of esters is 1. The third-order valence-corrected chi connectivity index (χ3v) is 7.87. The zero-order valence-electron chi connectivity index (χ0n) is 21.5. The smallest absolute Gasteiger partial charge is 0.338 e. The van der Waals surface area contributed by atoms with Gasteiger partial charge in [-0.2, -0.15) is 0 Å². The van der Waals surface area contributed by atoms with Crippen LogP contribution in [0.1, 0.15) is 29.7 Å². The molecule has 8 nitrogen and oxygen atoms in total. The molecule has 0 bridgehead atoms. The van der Waals surface area contributed by atoms with Crippen molar-refractivity contribution < 1.29 is 23.7 Å². The summed E-state index contributed by atoms with van der Waals surface area (Å²) in [6.45, 7) is 2.02. The van der Waals surface area contributed by atoms with Crippen LogP contribution in [0, 0.1) is 0 Å². The Labute approximate surface area is 238 Å². The fourth-order valence-corrected chi connectivity index (χ4v) is 5.95. The van der Waals surface area contributed by atoms with Gasteiger partial charge >= 0.3 is 5.97 Å². The number of fused-ring (bicyclic) bond motifs is 2. The Morgan fingerprint density at radius 2 is 1.90 bits per heavy atom. The Morgan fingerprint density at radius 3 is 2.65 bits per heavy atom. The Bertz CT molecular complexity index is 1840. The van der Waals surface area contributed by atoms with Crippen molar-refractivity contribution in [2.45, 2.75) is 13.0 Å². The van der Waals surface area contributed by atoms with Crippen LogP contribution >= 0.6 is 22.9 Å². The zero-order valence-corrected chi connectivity index (χ0v) is 23.1. The monoisotopic (exact) mass is 574 g/mol. The van der Waals surface area contributed by atoms with Gasteiger partial charge in [-0.1, -0.05) is 65.4 Å². The average Bonchev–Trinajstić information content (AvgIpc) is 3.56. The van der Waals surface area contributed by atoms with Gasteiger partial charge in [-0.3, -0.25) is 9.36 Å². The molecular formula is C30H23ClN2O6S. The summed E-state index contributed by atoms with van der Waals surface area (Å²) in [5.41, 5.74) is 2.40. The van der Waals surface area contributed by atoms with Gasteiger partial charge in [-0.15, -0.1) is 0 Å². The van der Waals surface area contributed by atoms with Crippen LogP contribution in [-0.2, 0) is 9.53 Å². The zero-order chi connectivity index (χ0) is 27.8. The topological polar surface area (TPSA) is 88.4 Å². The molecule has 0 saturated heterocycles. The molecule has 4 aromatic rings. The number of benzene rings is 3. The number of thiazole rings is 1. The predicted molar refractivity (Wildman–Crippen MR) is 152 cm³/mol. The molecule has 40 heavy (non-hydrogen) atoms. The number of methoxy groups -OCH3 is 1. The number of hydrogen-bond acceptors (Lipinski definition) is 8. The second-order valence-corrected chi connectivity index (χ2v) is 10.4. The molecule has 2 aliphatic rings. The van der Waals surface area contributed by atoms with Crippen molar-refractivity contribution in [2.75, 3.05) is 20.5 Å². The minimum atomic E-state index is -0.810. The normalized spacial score (nSPS) is 16.0. The summed E-state index contributed by atoms with van der Waals surface area (Å²) in [7, 11) is 1.57. The van der Waals surface area contributed by atoms with Gasteiger partial charge in [0, 0.05) is 11.6 Å². The van der Waals surface area contributed by atoms with E-state index < -0.39 is 12.0 Å². The quantitative estimate of drug-likeness (QED) is 0.319. The summed E-state index contributed by atoms with van der Waals surface area (Å²) in [6.07, 6.45) is 1.70. The van der Waals surface area contributed by atoms with E-state index in [4.69, 9.17) is 35.5 Å². The molecule has 202 valence electrons. The van der Waals surface area contributed by atoms with Crippen LogP contribution in [0.2, 0.25) is 5.02 Å². The number of carbonyl (C=O) groups is 1. The first-order chi connectivity index (χ1) is 19.5. The Morgan fingerprint density at radius 1 is 1.12 bits per heavy atom. The van der Waals surface area contributed by atoms with Gasteiger partial charge in [0.2, 0.25) is 6.79 Å². The van der Waals surface area contributed by atoms with E-state index in [1.165, 1.54) is 15.9 Å². The summed E-state index contributed by atoms with van der Waals surface area (Å²) >= 11 is 7.73. The molecule has 0 aliphatic carbocycles. The number of nitrogens with zero attached hydrogens (tertiary/aromatic N) is 2. The lowest BCUT2D eigenvalue weighted by Crippen LogP contribution is -2.40. The van der Waals surface area contributed by atoms with Gasteiger partial charge in [0.15, 0.2) is 16.3 Å². The van der Waals surface area contributed by atoms with Crippen LogP contribution < -0.4 is 29.1 Å². The average molecular weight is 575 g/mol. The third kappa shape index (κ3) is 4.57. The minimum absolute atomic E-state index is 0.108. The minimum Gasteiger partial charge on any atom is -0.497 e. The molecule has 3 heterocycles. The van der Waals surface area contributed by atoms with Gasteiger partial charge in [-0.25, -0.2) is 9.79 Å². The van der Waals surface area contributed by atoms with Crippen LogP contribution in [0.25, 0.3) is 11.8 Å². The largest absolute Gasteiger partial charge is 0.497 e. The van der Waals surface area contributed by atoms with E-state index in [2.05, 4.69) is 0 Å². The SMILES string of the molecule is CCOC(=O)C1=C(c2ccccc2)N=c2sc(=Cc3cc4c(cc3Cl)OCO4)c(=O)n2[C@@H]1c1cccc(OC)c1. The Hall–Kier alpha value is -4.34. The molecule has 1 aromatic heterocycles. The fraction of sp³-hybridized carbons (Fsp3) is 0.167. The number of aromatic nitrogens is 1. The first-order valence-corrected chi connectivity index (χ1v) is 13.7. The van der Waals surface area contributed by atoms with Gasteiger partial charge in [0.1, 0.15) is 5.75 Å². The van der Waals surface area contributed by atoms with Crippen molar-refractivity contribution >= 4 is 40.7 Å². The van der Waals surface area contributed by atoms with Crippen LogP contribution in [0.3, 0.4) is 0 Å². The maximum absolute atomic E-state index is 14.0. The van der Waals surface area contributed by atoms with E-state index in [0.29, 0.717) is 48.4 Å². The van der Waals surface area contributed by atoms with E-state index in [9.17, 15) is 9.59 Å². The first-order valence-electron chi connectivity index (χ1n) is 12.5. The van der Waals surface area contributed by atoms with E-state index >= 15 is 0 Å².